The summed E-state index contributed by atoms with van der Waals surface area (Å²) in [7, 11) is 0. The highest BCUT2D eigenvalue weighted by atomic mass is 32.1. The highest BCUT2D eigenvalue weighted by Gasteiger charge is 2.10. The van der Waals surface area contributed by atoms with Crippen LogP contribution < -0.4 is 16.4 Å². The van der Waals surface area contributed by atoms with Crippen molar-refractivity contribution in [3.05, 3.63) is 52.2 Å². The van der Waals surface area contributed by atoms with Crippen LogP contribution >= 0.6 is 11.3 Å². The van der Waals surface area contributed by atoms with Gasteiger partial charge < -0.3 is 16.4 Å². The van der Waals surface area contributed by atoms with Crippen LogP contribution in [0.5, 0.6) is 0 Å². The Labute approximate surface area is 120 Å². The van der Waals surface area contributed by atoms with E-state index < -0.39 is 5.91 Å². The number of thiophene rings is 1. The van der Waals surface area contributed by atoms with Gasteiger partial charge in [-0.1, -0.05) is 12.1 Å². The zero-order valence-electron chi connectivity index (χ0n) is 10.9. The molecule has 2 rings (SSSR count). The monoisotopic (exact) mass is 289 g/mol. The quantitative estimate of drug-likeness (QED) is 0.808. The Morgan fingerprint density at radius 2 is 2.05 bits per heavy atom. The van der Waals surface area contributed by atoms with Gasteiger partial charge in [-0.25, -0.2) is 4.79 Å². The van der Waals surface area contributed by atoms with Crippen LogP contribution in [0.15, 0.2) is 41.8 Å². The smallest absolute Gasteiger partial charge is 0.319 e. The molecule has 0 aliphatic rings. The second kappa shape index (κ2) is 6.21. The molecule has 1 atom stereocenters. The maximum atomic E-state index is 11.9. The lowest BCUT2D eigenvalue weighted by Gasteiger charge is -2.13. The van der Waals surface area contributed by atoms with Gasteiger partial charge in [0.15, 0.2) is 0 Å². The summed E-state index contributed by atoms with van der Waals surface area (Å²) in [6, 6.07) is 10.00. The fraction of sp³-hybridized carbons (Fsp3) is 0.143. The molecule has 0 aliphatic carbocycles. The lowest BCUT2D eigenvalue weighted by Crippen LogP contribution is -2.30. The van der Waals surface area contributed by atoms with E-state index in [0.717, 1.165) is 4.88 Å². The van der Waals surface area contributed by atoms with E-state index in [1.165, 1.54) is 6.07 Å². The number of amides is 3. The van der Waals surface area contributed by atoms with Crippen molar-refractivity contribution >= 4 is 29.0 Å². The lowest BCUT2D eigenvalue weighted by molar-refractivity contribution is 0.100. The topological polar surface area (TPSA) is 84.2 Å². The first-order valence-electron chi connectivity index (χ1n) is 6.07. The fourth-order valence-corrected chi connectivity index (χ4v) is 2.46. The van der Waals surface area contributed by atoms with Crippen LogP contribution in [0.1, 0.15) is 28.2 Å². The van der Waals surface area contributed by atoms with Gasteiger partial charge >= 0.3 is 6.03 Å². The van der Waals surface area contributed by atoms with Gasteiger partial charge in [-0.05, 0) is 36.6 Å². The van der Waals surface area contributed by atoms with Gasteiger partial charge in [-0.15, -0.1) is 11.3 Å². The van der Waals surface area contributed by atoms with Crippen molar-refractivity contribution in [1.29, 1.82) is 0 Å². The van der Waals surface area contributed by atoms with Crippen LogP contribution in [0.3, 0.4) is 0 Å². The molecule has 0 unspecified atom stereocenters. The predicted molar refractivity (Wildman–Crippen MR) is 79.8 cm³/mol. The van der Waals surface area contributed by atoms with Gasteiger partial charge in [0.25, 0.3) is 0 Å². The third kappa shape index (κ3) is 3.58. The van der Waals surface area contributed by atoms with Crippen LogP contribution in [0.2, 0.25) is 0 Å². The van der Waals surface area contributed by atoms with Crippen molar-refractivity contribution in [3.8, 4) is 0 Å². The second-order valence-electron chi connectivity index (χ2n) is 4.28. The summed E-state index contributed by atoms with van der Waals surface area (Å²) in [5.41, 5.74) is 6.07. The molecule has 0 aliphatic heterocycles. The fourth-order valence-electron chi connectivity index (χ4n) is 1.72. The van der Waals surface area contributed by atoms with Crippen LogP contribution in [0, 0.1) is 0 Å². The van der Waals surface area contributed by atoms with Crippen molar-refractivity contribution in [2.24, 2.45) is 5.73 Å². The van der Waals surface area contributed by atoms with E-state index in [9.17, 15) is 9.59 Å². The summed E-state index contributed by atoms with van der Waals surface area (Å²) in [4.78, 5) is 24.0. The summed E-state index contributed by atoms with van der Waals surface area (Å²) < 4.78 is 0. The van der Waals surface area contributed by atoms with E-state index in [2.05, 4.69) is 10.6 Å². The molecule has 2 aromatic rings. The van der Waals surface area contributed by atoms with E-state index >= 15 is 0 Å². The average molecular weight is 289 g/mol. The van der Waals surface area contributed by atoms with E-state index in [4.69, 9.17) is 5.73 Å². The predicted octanol–water partition coefficient (Wildman–Crippen LogP) is 2.73. The van der Waals surface area contributed by atoms with Crippen molar-refractivity contribution < 1.29 is 9.59 Å². The third-order valence-electron chi connectivity index (χ3n) is 2.72. The number of nitrogens with two attached hydrogens (primary N) is 1. The minimum atomic E-state index is -0.527. The Balaban J connectivity index is 1.98. The summed E-state index contributed by atoms with van der Waals surface area (Å²) in [5.74, 6) is -0.527. The highest BCUT2D eigenvalue weighted by Crippen LogP contribution is 2.18. The molecule has 6 heteroatoms. The van der Waals surface area contributed by atoms with E-state index in [1.54, 1.807) is 29.5 Å². The standard InChI is InChI=1S/C14H15N3O2S/c1-9(12-6-3-7-20-12)16-14(19)17-11-5-2-4-10(8-11)13(15)18/h2-9H,1H3,(H2,15,18)(H2,16,17,19)/t9-/m0/s1. The van der Waals surface area contributed by atoms with Crippen LogP contribution in [0.25, 0.3) is 0 Å². The first kappa shape index (κ1) is 14.1. The maximum absolute atomic E-state index is 11.9. The number of hydrogen-bond acceptors (Lipinski definition) is 3. The van der Waals surface area contributed by atoms with Crippen molar-refractivity contribution in [2.45, 2.75) is 13.0 Å². The summed E-state index contributed by atoms with van der Waals surface area (Å²) in [6.07, 6.45) is 0. The van der Waals surface area contributed by atoms with Gasteiger partial charge in [0.1, 0.15) is 0 Å². The minimum Gasteiger partial charge on any atom is -0.366 e. The third-order valence-corrected chi connectivity index (χ3v) is 3.78. The highest BCUT2D eigenvalue weighted by molar-refractivity contribution is 7.10. The van der Waals surface area contributed by atoms with Crippen molar-refractivity contribution in [2.75, 3.05) is 5.32 Å². The van der Waals surface area contributed by atoms with Crippen LogP contribution in [0.4, 0.5) is 10.5 Å². The molecule has 1 aromatic carbocycles. The Morgan fingerprint density at radius 3 is 2.70 bits per heavy atom. The zero-order valence-corrected chi connectivity index (χ0v) is 11.7. The zero-order chi connectivity index (χ0) is 14.5. The molecule has 20 heavy (non-hydrogen) atoms. The molecule has 0 spiro atoms. The maximum Gasteiger partial charge on any atom is 0.319 e. The number of benzene rings is 1. The summed E-state index contributed by atoms with van der Waals surface area (Å²) in [5, 5.41) is 7.46. The molecule has 0 bridgehead atoms. The Morgan fingerprint density at radius 1 is 1.25 bits per heavy atom. The average Bonchev–Trinajstić information content (AvgIpc) is 2.92. The number of anilines is 1. The molecule has 5 nitrogen and oxygen atoms in total. The molecule has 0 fully saturated rings. The molecule has 1 aromatic heterocycles. The number of urea groups is 1. The van der Waals surface area contributed by atoms with Gasteiger partial charge in [-0.3, -0.25) is 4.79 Å². The molecule has 0 saturated heterocycles. The molecule has 4 N–H and O–H groups in total. The molecule has 0 saturated carbocycles. The normalized spacial score (nSPS) is 11.7. The molecule has 0 radical (unpaired) electrons. The van der Waals surface area contributed by atoms with Gasteiger partial charge in [0.2, 0.25) is 5.91 Å². The number of rotatable bonds is 4. The number of hydrogen-bond donors (Lipinski definition) is 3. The van der Waals surface area contributed by atoms with Gasteiger partial charge in [0, 0.05) is 16.1 Å². The van der Waals surface area contributed by atoms with Gasteiger partial charge in [-0.2, -0.15) is 0 Å². The first-order chi connectivity index (χ1) is 9.56. The Kier molecular flexibility index (Phi) is 4.37. The number of carbonyl (C=O) groups is 2. The van der Waals surface area contributed by atoms with E-state index in [0.29, 0.717) is 11.3 Å². The lowest BCUT2D eigenvalue weighted by atomic mass is 10.2. The van der Waals surface area contributed by atoms with Gasteiger partial charge in [0.05, 0.1) is 6.04 Å². The first-order valence-corrected chi connectivity index (χ1v) is 6.95. The Bertz CT molecular complexity index is 611. The number of carbonyl (C=O) groups excluding carboxylic acids is 2. The van der Waals surface area contributed by atoms with E-state index in [1.807, 2.05) is 24.4 Å². The molecular formula is C14H15N3O2S. The van der Waals surface area contributed by atoms with Crippen LogP contribution in [-0.2, 0) is 0 Å². The molecule has 104 valence electrons. The summed E-state index contributed by atoms with van der Waals surface area (Å²) in [6.45, 7) is 1.91. The summed E-state index contributed by atoms with van der Waals surface area (Å²) >= 11 is 1.58. The second-order valence-corrected chi connectivity index (χ2v) is 5.26. The largest absolute Gasteiger partial charge is 0.366 e. The molecular weight excluding hydrogens is 274 g/mol. The number of primary amides is 1. The van der Waals surface area contributed by atoms with E-state index in [-0.39, 0.29) is 12.1 Å². The SMILES string of the molecule is C[C@H](NC(=O)Nc1cccc(C(N)=O)c1)c1cccs1. The molecule has 3 amide bonds. The minimum absolute atomic E-state index is 0.0747. The Hall–Kier alpha value is -2.34. The van der Waals surface area contributed by atoms with Crippen molar-refractivity contribution in [1.82, 2.24) is 5.32 Å². The number of nitrogens with one attached hydrogen (secondary N) is 2. The molecule has 1 heterocycles. The van der Waals surface area contributed by atoms with Crippen molar-refractivity contribution in [3.63, 3.8) is 0 Å². The van der Waals surface area contributed by atoms with Crippen LogP contribution in [-0.4, -0.2) is 11.9 Å².